The Balaban J connectivity index is 2.03. The number of β-amino-alcohol motifs (C(OH)–C–C–N with tert-alkyl or cyclic N) is 2. The summed E-state index contributed by atoms with van der Waals surface area (Å²) in [5.41, 5.74) is -0.431. The number of aromatic nitrogens is 2. The highest BCUT2D eigenvalue weighted by Crippen LogP contribution is 2.34. The van der Waals surface area contributed by atoms with Crippen LogP contribution in [-0.2, 0) is 6.18 Å². The molecule has 1 saturated heterocycles. The molecule has 9 heteroatoms. The second-order valence-electron chi connectivity index (χ2n) is 7.11. The van der Waals surface area contributed by atoms with Crippen LogP contribution < -0.4 is 10.6 Å². The van der Waals surface area contributed by atoms with Gasteiger partial charge in [0.15, 0.2) is 0 Å². The minimum Gasteiger partial charge on any atom is -0.389 e. The monoisotopic (exact) mass is 405 g/mol. The number of hydrogen-bond donors (Lipinski definition) is 2. The van der Waals surface area contributed by atoms with E-state index in [9.17, 15) is 28.2 Å². The Labute approximate surface area is 163 Å². The van der Waals surface area contributed by atoms with Crippen molar-refractivity contribution in [2.45, 2.75) is 25.3 Å². The van der Waals surface area contributed by atoms with E-state index in [2.05, 4.69) is 4.98 Å². The van der Waals surface area contributed by atoms with Crippen LogP contribution in [0.15, 0.2) is 47.3 Å². The van der Waals surface area contributed by atoms with E-state index < -0.39 is 29.6 Å². The van der Waals surface area contributed by atoms with Crippen LogP contribution in [0.3, 0.4) is 0 Å². The molecule has 2 N–H and O–H groups in total. The first-order valence-electron chi connectivity index (χ1n) is 8.98. The van der Waals surface area contributed by atoms with Crippen molar-refractivity contribution in [1.82, 2.24) is 9.55 Å². The van der Waals surface area contributed by atoms with Gasteiger partial charge in [-0.05, 0) is 36.8 Å². The summed E-state index contributed by atoms with van der Waals surface area (Å²) in [6.45, 7) is 1.80. The van der Waals surface area contributed by atoms with Gasteiger partial charge in [0.1, 0.15) is 5.82 Å². The molecule has 0 saturated carbocycles. The molecule has 1 aliphatic heterocycles. The molecular formula is C20H18F3N3O3. The summed E-state index contributed by atoms with van der Waals surface area (Å²) in [5.74, 6) is 0.138. The van der Waals surface area contributed by atoms with E-state index in [4.69, 9.17) is 0 Å². The second kappa shape index (κ2) is 6.85. The molecule has 0 amide bonds. The van der Waals surface area contributed by atoms with E-state index in [0.717, 1.165) is 16.7 Å². The maximum absolute atomic E-state index is 13.4. The number of nitrogens with zero attached hydrogens (tertiary/aromatic N) is 3. The Morgan fingerprint density at radius 1 is 1.07 bits per heavy atom. The molecule has 0 radical (unpaired) electrons. The minimum absolute atomic E-state index is 0.0259. The summed E-state index contributed by atoms with van der Waals surface area (Å²) in [4.78, 5) is 18.5. The van der Waals surface area contributed by atoms with Gasteiger partial charge in [-0.2, -0.15) is 18.2 Å². The average Bonchev–Trinajstić information content (AvgIpc) is 2.99. The fourth-order valence-electron chi connectivity index (χ4n) is 3.62. The molecule has 0 spiro atoms. The zero-order valence-corrected chi connectivity index (χ0v) is 15.4. The van der Waals surface area contributed by atoms with Crippen molar-refractivity contribution in [1.29, 1.82) is 0 Å². The molecule has 2 aromatic carbocycles. The van der Waals surface area contributed by atoms with Crippen LogP contribution >= 0.6 is 0 Å². The summed E-state index contributed by atoms with van der Waals surface area (Å²) in [5, 5.41) is 20.0. The van der Waals surface area contributed by atoms with E-state index in [-0.39, 0.29) is 24.4 Å². The summed E-state index contributed by atoms with van der Waals surface area (Å²) >= 11 is 0. The Hall–Kier alpha value is -2.91. The van der Waals surface area contributed by atoms with Gasteiger partial charge in [0.05, 0.1) is 29.0 Å². The van der Waals surface area contributed by atoms with E-state index in [1.54, 1.807) is 31.2 Å². The molecule has 1 aliphatic rings. The summed E-state index contributed by atoms with van der Waals surface area (Å²) < 4.78 is 41.2. The van der Waals surface area contributed by atoms with Crippen molar-refractivity contribution in [3.63, 3.8) is 0 Å². The number of rotatable bonds is 2. The highest BCUT2D eigenvalue weighted by molar-refractivity contribution is 5.91. The number of aryl methyl sites for hydroxylation is 1. The van der Waals surface area contributed by atoms with Crippen LogP contribution in [0.25, 0.3) is 16.6 Å². The molecular weight excluding hydrogens is 387 g/mol. The molecule has 4 rings (SSSR count). The molecule has 152 valence electrons. The molecule has 2 unspecified atom stereocenters. The first kappa shape index (κ1) is 19.4. The zero-order valence-electron chi connectivity index (χ0n) is 15.4. The number of aliphatic hydroxyl groups is 2. The smallest absolute Gasteiger partial charge is 0.389 e. The zero-order chi connectivity index (χ0) is 20.9. The third kappa shape index (κ3) is 3.36. The topological polar surface area (TPSA) is 78.6 Å². The summed E-state index contributed by atoms with van der Waals surface area (Å²) in [6, 6.07) is 9.98. The number of fused-ring (bicyclic) bond motifs is 1. The van der Waals surface area contributed by atoms with E-state index in [0.29, 0.717) is 16.6 Å². The van der Waals surface area contributed by atoms with Crippen LogP contribution in [0, 0.1) is 6.92 Å². The Bertz CT molecular complexity index is 1130. The lowest BCUT2D eigenvalue weighted by Crippen LogP contribution is -2.29. The fraction of sp³-hybridized carbons (Fsp3) is 0.300. The standard InChI is InChI=1S/C20H18F3N3O3/c1-11-4-2-3-5-14(11)26-15-8-12(20(21,22)23)6-7-13(15)18(24-19(26)29)25-9-16(27)17(28)10-25/h2-8,16-17,27-28H,9-10H2,1H3. The van der Waals surface area contributed by atoms with Crippen LogP contribution in [0.2, 0.25) is 0 Å². The van der Waals surface area contributed by atoms with E-state index >= 15 is 0 Å². The lowest BCUT2D eigenvalue weighted by Gasteiger charge is -2.21. The lowest BCUT2D eigenvalue weighted by atomic mass is 10.1. The van der Waals surface area contributed by atoms with Gasteiger partial charge in [-0.3, -0.25) is 4.57 Å². The predicted molar refractivity (Wildman–Crippen MR) is 101 cm³/mol. The normalized spacial score (nSPS) is 19.9. The van der Waals surface area contributed by atoms with Crippen molar-refractivity contribution in [3.05, 3.63) is 64.1 Å². The molecule has 2 heterocycles. The fourth-order valence-corrected chi connectivity index (χ4v) is 3.62. The number of halogens is 3. The molecule has 1 aromatic heterocycles. The van der Waals surface area contributed by atoms with Crippen molar-refractivity contribution in [2.24, 2.45) is 0 Å². The summed E-state index contributed by atoms with van der Waals surface area (Å²) in [7, 11) is 0. The van der Waals surface area contributed by atoms with Gasteiger partial charge in [0, 0.05) is 18.5 Å². The van der Waals surface area contributed by atoms with Gasteiger partial charge >= 0.3 is 11.9 Å². The highest BCUT2D eigenvalue weighted by atomic mass is 19.4. The number of aliphatic hydroxyl groups excluding tert-OH is 2. The number of anilines is 1. The van der Waals surface area contributed by atoms with E-state index in [1.165, 1.54) is 11.0 Å². The molecule has 6 nitrogen and oxygen atoms in total. The molecule has 2 atom stereocenters. The van der Waals surface area contributed by atoms with Gasteiger partial charge in [0.25, 0.3) is 0 Å². The third-order valence-electron chi connectivity index (χ3n) is 5.11. The maximum Gasteiger partial charge on any atom is 0.416 e. The molecule has 3 aromatic rings. The van der Waals surface area contributed by atoms with Crippen LogP contribution in [0.1, 0.15) is 11.1 Å². The summed E-state index contributed by atoms with van der Waals surface area (Å²) in [6.07, 6.45) is -6.63. The van der Waals surface area contributed by atoms with Crippen LogP contribution in [-0.4, -0.2) is 45.1 Å². The Morgan fingerprint density at radius 3 is 2.34 bits per heavy atom. The van der Waals surface area contributed by atoms with E-state index in [1.807, 2.05) is 0 Å². The number of benzene rings is 2. The van der Waals surface area contributed by atoms with Crippen molar-refractivity contribution < 1.29 is 23.4 Å². The molecule has 0 bridgehead atoms. The predicted octanol–water partition coefficient (Wildman–Crippen LogP) is 2.25. The van der Waals surface area contributed by atoms with Gasteiger partial charge < -0.3 is 15.1 Å². The Kier molecular flexibility index (Phi) is 4.59. The number of alkyl halides is 3. The SMILES string of the molecule is Cc1ccccc1-n1c(=O)nc(N2CC(O)C(O)C2)c2ccc(C(F)(F)F)cc21. The molecule has 29 heavy (non-hydrogen) atoms. The quantitative estimate of drug-likeness (QED) is 0.684. The van der Waals surface area contributed by atoms with Crippen molar-refractivity contribution in [2.75, 3.05) is 18.0 Å². The first-order valence-corrected chi connectivity index (χ1v) is 8.98. The van der Waals surface area contributed by atoms with Crippen molar-refractivity contribution in [3.8, 4) is 5.69 Å². The van der Waals surface area contributed by atoms with Gasteiger partial charge in [-0.25, -0.2) is 4.79 Å². The van der Waals surface area contributed by atoms with Crippen LogP contribution in [0.4, 0.5) is 19.0 Å². The first-order chi connectivity index (χ1) is 13.7. The van der Waals surface area contributed by atoms with Gasteiger partial charge in [-0.1, -0.05) is 18.2 Å². The highest BCUT2D eigenvalue weighted by Gasteiger charge is 2.34. The average molecular weight is 405 g/mol. The Morgan fingerprint density at radius 2 is 1.72 bits per heavy atom. The molecule has 1 fully saturated rings. The van der Waals surface area contributed by atoms with Gasteiger partial charge in [0.2, 0.25) is 0 Å². The minimum atomic E-state index is -4.58. The maximum atomic E-state index is 13.4. The molecule has 0 aliphatic carbocycles. The number of para-hydroxylation sites is 1. The van der Waals surface area contributed by atoms with Gasteiger partial charge in [-0.15, -0.1) is 0 Å². The van der Waals surface area contributed by atoms with Crippen LogP contribution in [0.5, 0.6) is 0 Å². The third-order valence-corrected chi connectivity index (χ3v) is 5.11. The second-order valence-corrected chi connectivity index (χ2v) is 7.11. The lowest BCUT2D eigenvalue weighted by molar-refractivity contribution is -0.137. The number of hydrogen-bond acceptors (Lipinski definition) is 5. The van der Waals surface area contributed by atoms with Crippen molar-refractivity contribution >= 4 is 16.7 Å². The largest absolute Gasteiger partial charge is 0.416 e.